The number of aliphatic hydroxyl groups is 1. The maximum absolute atomic E-state index is 12.2. The van der Waals surface area contributed by atoms with Crippen molar-refractivity contribution in [2.75, 3.05) is 13.2 Å². The van der Waals surface area contributed by atoms with Crippen molar-refractivity contribution in [3.05, 3.63) is 48.6 Å². The molecule has 0 amide bonds. The molecular weight excluding hydrogens is 620 g/mol. The van der Waals surface area contributed by atoms with E-state index in [0.29, 0.717) is 12.8 Å². The van der Waals surface area contributed by atoms with E-state index >= 15 is 0 Å². The number of hydrogen-bond donors (Lipinski definition) is 1. The van der Waals surface area contributed by atoms with E-state index in [1.54, 1.807) is 0 Å². The molecule has 1 unspecified atom stereocenters. The number of ether oxygens (including phenoxy) is 2. The molecule has 0 bridgehead atoms. The fourth-order valence-corrected chi connectivity index (χ4v) is 5.90. The third-order valence-corrected chi connectivity index (χ3v) is 9.13. The van der Waals surface area contributed by atoms with Gasteiger partial charge in [0.1, 0.15) is 6.61 Å². The summed E-state index contributed by atoms with van der Waals surface area (Å²) in [5, 5.41) is 9.56. The van der Waals surface area contributed by atoms with Gasteiger partial charge in [-0.3, -0.25) is 9.59 Å². The topological polar surface area (TPSA) is 72.8 Å². The summed E-state index contributed by atoms with van der Waals surface area (Å²) in [4.78, 5) is 24.3. The Hall–Kier alpha value is -2.14. The van der Waals surface area contributed by atoms with Crippen LogP contribution in [0.5, 0.6) is 0 Å². The SMILES string of the molecule is CCCCCC=CCC=CCC=CCC=CCCCC(=O)OC(CO)COC(=O)CCCCCCCCCCCCCCCCCCCCC. The first-order valence-corrected chi connectivity index (χ1v) is 21.2. The molecule has 0 radical (unpaired) electrons. The van der Waals surface area contributed by atoms with Crippen molar-refractivity contribution in [2.24, 2.45) is 0 Å². The summed E-state index contributed by atoms with van der Waals surface area (Å²) < 4.78 is 10.6. The van der Waals surface area contributed by atoms with Crippen molar-refractivity contribution in [1.82, 2.24) is 0 Å². The molecule has 0 spiro atoms. The molecule has 0 aliphatic carbocycles. The second-order valence-corrected chi connectivity index (χ2v) is 14.1. The number of carbonyl (C=O) groups is 2. The van der Waals surface area contributed by atoms with Gasteiger partial charge in [0.25, 0.3) is 0 Å². The van der Waals surface area contributed by atoms with Crippen LogP contribution in [-0.2, 0) is 19.1 Å². The molecule has 0 saturated carbocycles. The van der Waals surface area contributed by atoms with E-state index in [1.807, 2.05) is 0 Å². The van der Waals surface area contributed by atoms with Crippen LogP contribution >= 0.6 is 0 Å². The highest BCUT2D eigenvalue weighted by Gasteiger charge is 2.16. The van der Waals surface area contributed by atoms with Gasteiger partial charge < -0.3 is 14.6 Å². The molecule has 0 aromatic heterocycles. The number of unbranched alkanes of at least 4 members (excludes halogenated alkanes) is 22. The molecule has 0 saturated heterocycles. The molecule has 5 nitrogen and oxygen atoms in total. The molecule has 0 aliphatic rings. The largest absolute Gasteiger partial charge is 0.462 e. The minimum Gasteiger partial charge on any atom is -0.462 e. The molecule has 0 fully saturated rings. The molecule has 5 heteroatoms. The van der Waals surface area contributed by atoms with Gasteiger partial charge >= 0.3 is 11.9 Å². The van der Waals surface area contributed by atoms with Gasteiger partial charge in [-0.15, -0.1) is 0 Å². The maximum Gasteiger partial charge on any atom is 0.306 e. The highest BCUT2D eigenvalue weighted by Crippen LogP contribution is 2.15. The summed E-state index contributed by atoms with van der Waals surface area (Å²) in [7, 11) is 0. The van der Waals surface area contributed by atoms with Crippen molar-refractivity contribution in [2.45, 2.75) is 213 Å². The number of rotatable bonds is 38. The van der Waals surface area contributed by atoms with Crippen LogP contribution in [-0.4, -0.2) is 36.4 Å². The highest BCUT2D eigenvalue weighted by molar-refractivity contribution is 5.70. The summed E-state index contributed by atoms with van der Waals surface area (Å²) in [6.07, 6.45) is 51.8. The Morgan fingerprint density at radius 3 is 1.26 bits per heavy atom. The molecule has 0 rings (SSSR count). The molecule has 50 heavy (non-hydrogen) atoms. The average molecular weight is 701 g/mol. The molecule has 1 atom stereocenters. The van der Waals surface area contributed by atoms with Crippen molar-refractivity contribution < 1.29 is 24.2 Å². The Morgan fingerprint density at radius 1 is 0.460 bits per heavy atom. The first kappa shape index (κ1) is 47.9. The molecular formula is C45H80O5. The van der Waals surface area contributed by atoms with Crippen LogP contribution in [0.4, 0.5) is 0 Å². The minimum atomic E-state index is -0.798. The third-order valence-electron chi connectivity index (χ3n) is 9.13. The van der Waals surface area contributed by atoms with Crippen molar-refractivity contribution >= 4 is 11.9 Å². The monoisotopic (exact) mass is 701 g/mol. The van der Waals surface area contributed by atoms with Gasteiger partial charge in [-0.25, -0.2) is 0 Å². The Morgan fingerprint density at radius 2 is 0.820 bits per heavy atom. The van der Waals surface area contributed by atoms with Gasteiger partial charge in [-0.1, -0.05) is 191 Å². The van der Waals surface area contributed by atoms with Gasteiger partial charge in [0.2, 0.25) is 0 Å². The first-order valence-electron chi connectivity index (χ1n) is 21.2. The zero-order valence-electron chi connectivity index (χ0n) is 32.9. The van der Waals surface area contributed by atoms with E-state index in [2.05, 4.69) is 62.5 Å². The van der Waals surface area contributed by atoms with Gasteiger partial charge in [0.15, 0.2) is 6.10 Å². The quantitative estimate of drug-likeness (QED) is 0.0394. The maximum atomic E-state index is 12.2. The third kappa shape index (κ3) is 38.7. The van der Waals surface area contributed by atoms with Crippen LogP contribution in [0.15, 0.2) is 48.6 Å². The Labute approximate surface area is 309 Å². The fourth-order valence-electron chi connectivity index (χ4n) is 5.90. The lowest BCUT2D eigenvalue weighted by Crippen LogP contribution is -2.28. The Bertz CT molecular complexity index is 842. The standard InChI is InChI=1S/C45H80O5/c1-3-5-7-9-11-13-15-17-19-21-22-24-25-27-29-31-33-35-37-39-44(47)49-42-43(41-46)50-45(48)40-38-36-34-32-30-28-26-23-20-18-16-14-12-10-8-6-4-2/h12,14,18,20,26,28,32,34,43,46H,3-11,13,15-17,19,21-25,27,29-31,33,35-42H2,1-2H3. The van der Waals surface area contributed by atoms with Crippen molar-refractivity contribution in [1.29, 1.82) is 0 Å². The summed E-state index contributed by atoms with van der Waals surface area (Å²) in [6, 6.07) is 0. The Balaban J connectivity index is 3.60. The van der Waals surface area contributed by atoms with Gasteiger partial charge in [-0.2, -0.15) is 0 Å². The molecule has 0 aromatic carbocycles. The van der Waals surface area contributed by atoms with Crippen LogP contribution < -0.4 is 0 Å². The lowest BCUT2D eigenvalue weighted by molar-refractivity contribution is -0.161. The lowest BCUT2D eigenvalue weighted by Gasteiger charge is -2.15. The van der Waals surface area contributed by atoms with E-state index in [1.165, 1.54) is 128 Å². The van der Waals surface area contributed by atoms with E-state index in [4.69, 9.17) is 9.47 Å². The molecule has 0 aliphatic heterocycles. The zero-order valence-corrected chi connectivity index (χ0v) is 32.9. The Kier molecular flexibility index (Phi) is 39.5. The molecule has 0 heterocycles. The van der Waals surface area contributed by atoms with Gasteiger partial charge in [0, 0.05) is 12.8 Å². The predicted octanol–water partition coefficient (Wildman–Crippen LogP) is 13.4. The fraction of sp³-hybridized carbons (Fsp3) is 0.778. The van der Waals surface area contributed by atoms with E-state index in [9.17, 15) is 14.7 Å². The summed E-state index contributed by atoms with van der Waals surface area (Å²) in [5.41, 5.74) is 0. The smallest absolute Gasteiger partial charge is 0.306 e. The molecule has 1 N–H and O–H groups in total. The van der Waals surface area contributed by atoms with Crippen LogP contribution in [0.1, 0.15) is 206 Å². The highest BCUT2D eigenvalue weighted by atomic mass is 16.6. The van der Waals surface area contributed by atoms with E-state index in [0.717, 1.165) is 44.9 Å². The second kappa shape index (κ2) is 41.3. The zero-order chi connectivity index (χ0) is 36.4. The van der Waals surface area contributed by atoms with Crippen LogP contribution in [0.3, 0.4) is 0 Å². The van der Waals surface area contributed by atoms with Gasteiger partial charge in [0.05, 0.1) is 6.61 Å². The normalized spacial score (nSPS) is 12.6. The van der Waals surface area contributed by atoms with Gasteiger partial charge in [-0.05, 0) is 51.4 Å². The average Bonchev–Trinajstić information content (AvgIpc) is 3.12. The number of carbonyl (C=O) groups excluding carboxylic acids is 2. The number of allylic oxidation sites excluding steroid dienone is 8. The number of esters is 2. The first-order chi connectivity index (χ1) is 24.6. The predicted molar refractivity (Wildman–Crippen MR) is 214 cm³/mol. The van der Waals surface area contributed by atoms with Crippen LogP contribution in [0, 0.1) is 0 Å². The molecule has 0 aromatic rings. The summed E-state index contributed by atoms with van der Waals surface area (Å²) >= 11 is 0. The lowest BCUT2D eigenvalue weighted by atomic mass is 10.0. The van der Waals surface area contributed by atoms with E-state index in [-0.39, 0.29) is 31.6 Å². The van der Waals surface area contributed by atoms with Crippen molar-refractivity contribution in [3.8, 4) is 0 Å². The summed E-state index contributed by atoms with van der Waals surface area (Å²) in [6.45, 7) is 4.08. The second-order valence-electron chi connectivity index (χ2n) is 14.1. The van der Waals surface area contributed by atoms with E-state index < -0.39 is 6.10 Å². The van der Waals surface area contributed by atoms with Crippen LogP contribution in [0.25, 0.3) is 0 Å². The number of hydrogen-bond acceptors (Lipinski definition) is 5. The van der Waals surface area contributed by atoms with Crippen molar-refractivity contribution in [3.63, 3.8) is 0 Å². The summed E-state index contributed by atoms with van der Waals surface area (Å²) in [5.74, 6) is -0.651. The number of aliphatic hydroxyl groups excluding tert-OH is 1. The molecule has 290 valence electrons. The minimum absolute atomic E-state index is 0.0859. The van der Waals surface area contributed by atoms with Crippen LogP contribution in [0.2, 0.25) is 0 Å².